The molecule has 84 valence electrons. The predicted octanol–water partition coefficient (Wildman–Crippen LogP) is 1.68. The van der Waals surface area contributed by atoms with Crippen molar-refractivity contribution in [3.63, 3.8) is 0 Å². The summed E-state index contributed by atoms with van der Waals surface area (Å²) in [6.07, 6.45) is 1.68. The number of ether oxygens (including phenoxy) is 1. The Hall–Kier alpha value is -1.81. The van der Waals surface area contributed by atoms with Crippen LogP contribution in [0.5, 0.6) is 5.75 Å². The molecule has 0 unspecified atom stereocenters. The lowest BCUT2D eigenvalue weighted by Crippen LogP contribution is -1.99. The molecule has 1 N–H and O–H groups in total. The quantitative estimate of drug-likeness (QED) is 0.852. The van der Waals surface area contributed by atoms with Crippen LogP contribution in [0.25, 0.3) is 5.69 Å². The van der Waals surface area contributed by atoms with Crippen molar-refractivity contribution >= 4 is 0 Å². The van der Waals surface area contributed by atoms with E-state index in [0.29, 0.717) is 0 Å². The summed E-state index contributed by atoms with van der Waals surface area (Å²) in [5, 5.41) is 13.3. The largest absolute Gasteiger partial charge is 0.497 e. The summed E-state index contributed by atoms with van der Waals surface area (Å²) in [5.41, 5.74) is 2.70. The Morgan fingerprint density at radius 3 is 2.88 bits per heavy atom. The lowest BCUT2D eigenvalue weighted by atomic mass is 10.2. The first-order valence-corrected chi connectivity index (χ1v) is 5.05. The third-order valence-electron chi connectivity index (χ3n) is 2.58. The molecular formula is C12H14N2O2. The van der Waals surface area contributed by atoms with Crippen LogP contribution in [0.15, 0.2) is 30.5 Å². The summed E-state index contributed by atoms with van der Waals surface area (Å²) in [7, 11) is 1.63. The van der Waals surface area contributed by atoms with Crippen LogP contribution in [0.2, 0.25) is 0 Å². The van der Waals surface area contributed by atoms with E-state index >= 15 is 0 Å². The van der Waals surface area contributed by atoms with Gasteiger partial charge in [0, 0.05) is 17.3 Å². The number of rotatable bonds is 3. The molecule has 0 radical (unpaired) electrons. The average Bonchev–Trinajstić information content (AvgIpc) is 2.70. The van der Waals surface area contributed by atoms with Crippen molar-refractivity contribution in [2.24, 2.45) is 0 Å². The molecule has 0 spiro atoms. The van der Waals surface area contributed by atoms with Crippen molar-refractivity contribution in [3.8, 4) is 11.4 Å². The summed E-state index contributed by atoms with van der Waals surface area (Å²) in [4.78, 5) is 0. The first-order chi connectivity index (χ1) is 7.76. The summed E-state index contributed by atoms with van der Waals surface area (Å²) >= 11 is 0. The maximum absolute atomic E-state index is 9.10. The van der Waals surface area contributed by atoms with E-state index in [1.807, 2.05) is 31.2 Å². The van der Waals surface area contributed by atoms with Gasteiger partial charge in [0.1, 0.15) is 5.75 Å². The van der Waals surface area contributed by atoms with Crippen molar-refractivity contribution in [1.29, 1.82) is 0 Å². The fraction of sp³-hybridized carbons (Fsp3) is 0.250. The van der Waals surface area contributed by atoms with E-state index in [0.717, 1.165) is 22.7 Å². The minimum absolute atomic E-state index is 0.00972. The molecule has 1 heterocycles. The maximum atomic E-state index is 9.10. The van der Waals surface area contributed by atoms with Gasteiger partial charge < -0.3 is 9.84 Å². The van der Waals surface area contributed by atoms with Gasteiger partial charge in [0.15, 0.2) is 0 Å². The lowest BCUT2D eigenvalue weighted by Gasteiger charge is -2.06. The van der Waals surface area contributed by atoms with Gasteiger partial charge in [-0.05, 0) is 19.1 Å². The fourth-order valence-corrected chi connectivity index (χ4v) is 1.60. The van der Waals surface area contributed by atoms with Crippen LogP contribution >= 0.6 is 0 Å². The third-order valence-corrected chi connectivity index (χ3v) is 2.58. The van der Waals surface area contributed by atoms with E-state index in [-0.39, 0.29) is 6.61 Å². The van der Waals surface area contributed by atoms with E-state index in [9.17, 15) is 0 Å². The van der Waals surface area contributed by atoms with Crippen molar-refractivity contribution in [2.45, 2.75) is 13.5 Å². The number of aliphatic hydroxyl groups is 1. The summed E-state index contributed by atoms with van der Waals surface area (Å²) in [6, 6.07) is 7.65. The smallest absolute Gasteiger partial charge is 0.121 e. The van der Waals surface area contributed by atoms with Gasteiger partial charge >= 0.3 is 0 Å². The highest BCUT2D eigenvalue weighted by Crippen LogP contribution is 2.18. The molecule has 0 bridgehead atoms. The van der Waals surface area contributed by atoms with Gasteiger partial charge in [0.2, 0.25) is 0 Å². The zero-order chi connectivity index (χ0) is 11.5. The third kappa shape index (κ3) is 1.79. The summed E-state index contributed by atoms with van der Waals surface area (Å²) in [5.74, 6) is 0.790. The zero-order valence-corrected chi connectivity index (χ0v) is 9.34. The van der Waals surface area contributed by atoms with Crippen LogP contribution < -0.4 is 4.74 Å². The average molecular weight is 218 g/mol. The minimum atomic E-state index is 0.00972. The van der Waals surface area contributed by atoms with Gasteiger partial charge in [-0.3, -0.25) is 0 Å². The topological polar surface area (TPSA) is 47.3 Å². The molecule has 2 rings (SSSR count). The number of aliphatic hydroxyl groups excluding tert-OH is 1. The highest BCUT2D eigenvalue weighted by atomic mass is 16.5. The van der Waals surface area contributed by atoms with E-state index in [1.165, 1.54) is 0 Å². The first-order valence-electron chi connectivity index (χ1n) is 5.05. The Morgan fingerprint density at radius 2 is 2.25 bits per heavy atom. The van der Waals surface area contributed by atoms with Gasteiger partial charge in [-0.25, -0.2) is 4.68 Å². The van der Waals surface area contributed by atoms with Crippen LogP contribution in [0.1, 0.15) is 11.3 Å². The van der Waals surface area contributed by atoms with Gasteiger partial charge in [0.25, 0.3) is 0 Å². The minimum Gasteiger partial charge on any atom is -0.497 e. The second kappa shape index (κ2) is 4.37. The molecule has 0 atom stereocenters. The molecule has 4 heteroatoms. The fourth-order valence-electron chi connectivity index (χ4n) is 1.60. The van der Waals surface area contributed by atoms with Crippen molar-refractivity contribution < 1.29 is 9.84 Å². The Morgan fingerprint density at radius 1 is 1.44 bits per heavy atom. The molecule has 16 heavy (non-hydrogen) atoms. The van der Waals surface area contributed by atoms with E-state index < -0.39 is 0 Å². The number of methoxy groups -OCH3 is 1. The van der Waals surface area contributed by atoms with E-state index in [1.54, 1.807) is 18.0 Å². The lowest BCUT2D eigenvalue weighted by molar-refractivity contribution is 0.281. The van der Waals surface area contributed by atoms with E-state index in [2.05, 4.69) is 5.10 Å². The highest BCUT2D eigenvalue weighted by molar-refractivity contribution is 5.40. The molecule has 4 nitrogen and oxygen atoms in total. The van der Waals surface area contributed by atoms with Gasteiger partial charge in [-0.15, -0.1) is 0 Å². The van der Waals surface area contributed by atoms with Crippen LogP contribution in [-0.2, 0) is 6.61 Å². The molecule has 0 saturated carbocycles. The highest BCUT2D eigenvalue weighted by Gasteiger charge is 2.07. The molecule has 2 aromatic rings. The van der Waals surface area contributed by atoms with Crippen molar-refractivity contribution in [3.05, 3.63) is 41.7 Å². The normalized spacial score (nSPS) is 10.4. The van der Waals surface area contributed by atoms with Crippen LogP contribution in [0, 0.1) is 6.92 Å². The Bertz CT molecular complexity index is 492. The number of hydrogen-bond donors (Lipinski definition) is 1. The SMILES string of the molecule is COc1cccc(-n2ncc(CO)c2C)c1. The zero-order valence-electron chi connectivity index (χ0n) is 9.34. The summed E-state index contributed by atoms with van der Waals surface area (Å²) < 4.78 is 6.94. The standard InChI is InChI=1S/C12H14N2O2/c1-9-10(8-15)7-13-14(9)11-4-3-5-12(6-11)16-2/h3-7,15H,8H2,1-2H3. The number of hydrogen-bond acceptors (Lipinski definition) is 3. The molecule has 0 amide bonds. The molecule has 0 fully saturated rings. The Balaban J connectivity index is 2.45. The van der Waals surface area contributed by atoms with Gasteiger partial charge in [-0.1, -0.05) is 6.07 Å². The summed E-state index contributed by atoms with van der Waals surface area (Å²) in [6.45, 7) is 1.94. The second-order valence-electron chi connectivity index (χ2n) is 3.53. The van der Waals surface area contributed by atoms with Crippen LogP contribution in [0.4, 0.5) is 0 Å². The molecule has 0 saturated heterocycles. The first kappa shape index (κ1) is 10.7. The molecule has 0 aliphatic rings. The van der Waals surface area contributed by atoms with Gasteiger partial charge in [0.05, 0.1) is 25.6 Å². The molecule has 0 aliphatic carbocycles. The predicted molar refractivity (Wildman–Crippen MR) is 60.8 cm³/mol. The Labute approximate surface area is 94.1 Å². The number of nitrogens with zero attached hydrogens (tertiary/aromatic N) is 2. The molecule has 1 aromatic carbocycles. The molecular weight excluding hydrogens is 204 g/mol. The van der Waals surface area contributed by atoms with Crippen molar-refractivity contribution in [2.75, 3.05) is 7.11 Å². The van der Waals surface area contributed by atoms with Gasteiger partial charge in [-0.2, -0.15) is 5.10 Å². The number of aromatic nitrogens is 2. The van der Waals surface area contributed by atoms with Crippen molar-refractivity contribution in [1.82, 2.24) is 9.78 Å². The monoisotopic (exact) mass is 218 g/mol. The molecule has 0 aliphatic heterocycles. The Kier molecular flexibility index (Phi) is 2.92. The second-order valence-corrected chi connectivity index (χ2v) is 3.53. The van der Waals surface area contributed by atoms with Crippen LogP contribution in [-0.4, -0.2) is 22.0 Å². The molecule has 1 aromatic heterocycles. The number of benzene rings is 1. The van der Waals surface area contributed by atoms with Crippen LogP contribution in [0.3, 0.4) is 0 Å². The maximum Gasteiger partial charge on any atom is 0.121 e. The van der Waals surface area contributed by atoms with E-state index in [4.69, 9.17) is 9.84 Å².